The van der Waals surface area contributed by atoms with E-state index in [0.29, 0.717) is 11.7 Å². The van der Waals surface area contributed by atoms with E-state index in [0.717, 1.165) is 9.86 Å². The van der Waals surface area contributed by atoms with E-state index in [2.05, 4.69) is 40.8 Å². The molecule has 78 valence electrons. The van der Waals surface area contributed by atoms with Crippen LogP contribution in [0.3, 0.4) is 0 Å². The number of nitrogen functional groups attached to an aromatic ring is 1. The van der Waals surface area contributed by atoms with E-state index in [9.17, 15) is 0 Å². The van der Waals surface area contributed by atoms with E-state index in [1.165, 1.54) is 10.9 Å². The molecule has 0 unspecified atom stereocenters. The van der Waals surface area contributed by atoms with E-state index in [1.807, 2.05) is 18.3 Å². The van der Waals surface area contributed by atoms with E-state index in [1.54, 1.807) is 0 Å². The zero-order valence-electron chi connectivity index (χ0n) is 8.79. The maximum absolute atomic E-state index is 5.85. The zero-order valence-corrected chi connectivity index (χ0v) is 10.4. The van der Waals surface area contributed by atoms with Crippen LogP contribution in [0.25, 0.3) is 10.8 Å². The molecule has 2 N–H and O–H groups in total. The Hall–Kier alpha value is -1.09. The lowest BCUT2D eigenvalue weighted by Crippen LogP contribution is -1.97. The van der Waals surface area contributed by atoms with Gasteiger partial charge in [0.1, 0.15) is 5.82 Å². The second-order valence-corrected chi connectivity index (χ2v) is 4.86. The number of aromatic nitrogens is 1. The normalized spacial score (nSPS) is 11.2. The monoisotopic (exact) mass is 264 g/mol. The molecule has 0 amide bonds. The molecule has 0 bridgehead atoms. The Bertz CT molecular complexity index is 506. The molecule has 0 aliphatic carbocycles. The van der Waals surface area contributed by atoms with Gasteiger partial charge in [0, 0.05) is 16.1 Å². The third-order valence-electron chi connectivity index (χ3n) is 2.53. The first-order valence-corrected chi connectivity index (χ1v) is 5.72. The first-order chi connectivity index (χ1) is 7.09. The molecule has 2 nitrogen and oxygen atoms in total. The van der Waals surface area contributed by atoms with Crippen LogP contribution in [0.4, 0.5) is 5.82 Å². The van der Waals surface area contributed by atoms with Gasteiger partial charge in [-0.1, -0.05) is 29.8 Å². The highest BCUT2D eigenvalue weighted by molar-refractivity contribution is 9.10. The van der Waals surface area contributed by atoms with Gasteiger partial charge in [-0.3, -0.25) is 0 Å². The van der Waals surface area contributed by atoms with E-state index < -0.39 is 0 Å². The van der Waals surface area contributed by atoms with Crippen molar-refractivity contribution in [1.29, 1.82) is 0 Å². The first kappa shape index (κ1) is 10.4. The van der Waals surface area contributed by atoms with Crippen molar-refractivity contribution in [1.82, 2.24) is 4.98 Å². The first-order valence-electron chi connectivity index (χ1n) is 4.93. The third-order valence-corrected chi connectivity index (χ3v) is 3.03. The lowest BCUT2D eigenvalue weighted by molar-refractivity contribution is 0.869. The van der Waals surface area contributed by atoms with Crippen LogP contribution in [0.5, 0.6) is 0 Å². The van der Waals surface area contributed by atoms with Crippen LogP contribution in [-0.4, -0.2) is 4.98 Å². The molecule has 15 heavy (non-hydrogen) atoms. The van der Waals surface area contributed by atoms with Gasteiger partial charge in [-0.25, -0.2) is 4.98 Å². The fourth-order valence-electron chi connectivity index (χ4n) is 1.72. The van der Waals surface area contributed by atoms with E-state index in [-0.39, 0.29) is 0 Å². The molecule has 1 heterocycles. The van der Waals surface area contributed by atoms with Gasteiger partial charge < -0.3 is 5.73 Å². The number of nitrogens with zero attached hydrogens (tertiary/aromatic N) is 1. The van der Waals surface area contributed by atoms with Crippen molar-refractivity contribution in [3.05, 3.63) is 34.4 Å². The maximum atomic E-state index is 5.85. The highest BCUT2D eigenvalue weighted by Gasteiger charge is 2.08. The summed E-state index contributed by atoms with van der Waals surface area (Å²) in [7, 11) is 0. The standard InChI is InChI=1S/C12H13BrN2/c1-7(2)11-6-15-12(14)9-4-3-8(13)5-10(9)11/h3-7H,1-2H3,(H2,14,15). The molecule has 3 heteroatoms. The number of benzene rings is 1. The molecule has 0 fully saturated rings. The second-order valence-electron chi connectivity index (χ2n) is 3.94. The van der Waals surface area contributed by atoms with Crippen LogP contribution >= 0.6 is 15.9 Å². The Balaban J connectivity index is 2.84. The van der Waals surface area contributed by atoms with Crippen LogP contribution in [-0.2, 0) is 0 Å². The number of nitrogens with two attached hydrogens (primary N) is 1. The molecule has 0 aliphatic rings. The summed E-state index contributed by atoms with van der Waals surface area (Å²) in [6, 6.07) is 6.10. The van der Waals surface area contributed by atoms with Gasteiger partial charge in [0.05, 0.1) is 0 Å². The van der Waals surface area contributed by atoms with Gasteiger partial charge in [-0.2, -0.15) is 0 Å². The van der Waals surface area contributed by atoms with Crippen molar-refractivity contribution in [2.24, 2.45) is 0 Å². The highest BCUT2D eigenvalue weighted by Crippen LogP contribution is 2.29. The van der Waals surface area contributed by atoms with Crippen LogP contribution in [0.1, 0.15) is 25.3 Å². The number of fused-ring (bicyclic) bond motifs is 1. The Kier molecular flexibility index (Phi) is 2.65. The molecule has 0 spiro atoms. The van der Waals surface area contributed by atoms with Crippen molar-refractivity contribution in [2.45, 2.75) is 19.8 Å². The minimum atomic E-state index is 0.454. The Labute approximate surface area is 97.6 Å². The topological polar surface area (TPSA) is 38.9 Å². The summed E-state index contributed by atoms with van der Waals surface area (Å²) >= 11 is 3.48. The van der Waals surface area contributed by atoms with Crippen molar-refractivity contribution >= 4 is 32.5 Å². The predicted molar refractivity (Wildman–Crippen MR) is 67.9 cm³/mol. The van der Waals surface area contributed by atoms with E-state index in [4.69, 9.17) is 5.73 Å². The Morgan fingerprint density at radius 1 is 1.27 bits per heavy atom. The zero-order chi connectivity index (χ0) is 11.0. The quantitative estimate of drug-likeness (QED) is 0.853. The molecule has 0 saturated carbocycles. The highest BCUT2D eigenvalue weighted by atomic mass is 79.9. The van der Waals surface area contributed by atoms with Gasteiger partial charge in [0.15, 0.2) is 0 Å². The van der Waals surface area contributed by atoms with Crippen LogP contribution in [0.2, 0.25) is 0 Å². The third kappa shape index (κ3) is 1.84. The summed E-state index contributed by atoms with van der Waals surface area (Å²) in [5, 5.41) is 2.22. The van der Waals surface area contributed by atoms with Crippen LogP contribution < -0.4 is 5.73 Å². The summed E-state index contributed by atoms with van der Waals surface area (Å²) in [6.07, 6.45) is 1.87. The number of hydrogen-bond acceptors (Lipinski definition) is 2. The summed E-state index contributed by atoms with van der Waals surface area (Å²) in [4.78, 5) is 4.22. The number of pyridine rings is 1. The minimum absolute atomic E-state index is 0.454. The molecular weight excluding hydrogens is 252 g/mol. The van der Waals surface area contributed by atoms with Crippen LogP contribution in [0, 0.1) is 0 Å². The smallest absolute Gasteiger partial charge is 0.131 e. The van der Waals surface area contributed by atoms with Crippen LogP contribution in [0.15, 0.2) is 28.9 Å². The minimum Gasteiger partial charge on any atom is -0.383 e. The largest absolute Gasteiger partial charge is 0.383 e. The summed E-state index contributed by atoms with van der Waals surface area (Å²) in [6.45, 7) is 4.32. The Morgan fingerprint density at radius 3 is 2.67 bits per heavy atom. The van der Waals surface area contributed by atoms with Gasteiger partial charge in [0.25, 0.3) is 0 Å². The lowest BCUT2D eigenvalue weighted by atomic mass is 9.98. The number of halogens is 1. The fourth-order valence-corrected chi connectivity index (χ4v) is 2.08. The maximum Gasteiger partial charge on any atom is 0.131 e. The lowest BCUT2D eigenvalue weighted by Gasteiger charge is -2.11. The average Bonchev–Trinajstić information content (AvgIpc) is 2.17. The van der Waals surface area contributed by atoms with Crippen molar-refractivity contribution < 1.29 is 0 Å². The summed E-state index contributed by atoms with van der Waals surface area (Å²) in [5.74, 6) is 1.05. The SMILES string of the molecule is CC(C)c1cnc(N)c2ccc(Br)cc12. The molecule has 2 aromatic rings. The molecule has 0 atom stereocenters. The van der Waals surface area contributed by atoms with Gasteiger partial charge >= 0.3 is 0 Å². The molecule has 2 rings (SSSR count). The summed E-state index contributed by atoms with van der Waals surface area (Å²) in [5.41, 5.74) is 7.09. The average molecular weight is 265 g/mol. The molecule has 0 radical (unpaired) electrons. The van der Waals surface area contributed by atoms with Crippen molar-refractivity contribution in [2.75, 3.05) is 5.73 Å². The molecule has 1 aromatic heterocycles. The van der Waals surface area contributed by atoms with Gasteiger partial charge in [0.2, 0.25) is 0 Å². The number of anilines is 1. The fraction of sp³-hybridized carbons (Fsp3) is 0.250. The van der Waals surface area contributed by atoms with Gasteiger partial charge in [-0.05, 0) is 35.1 Å². The Morgan fingerprint density at radius 2 is 2.00 bits per heavy atom. The molecular formula is C12H13BrN2. The number of hydrogen-bond donors (Lipinski definition) is 1. The molecule has 1 aromatic carbocycles. The molecule has 0 saturated heterocycles. The number of rotatable bonds is 1. The second kappa shape index (κ2) is 3.81. The van der Waals surface area contributed by atoms with E-state index >= 15 is 0 Å². The van der Waals surface area contributed by atoms with Gasteiger partial charge in [-0.15, -0.1) is 0 Å². The molecule has 0 aliphatic heterocycles. The van der Waals surface area contributed by atoms with Crippen molar-refractivity contribution in [3.63, 3.8) is 0 Å². The predicted octanol–water partition coefficient (Wildman–Crippen LogP) is 3.70. The summed E-state index contributed by atoms with van der Waals surface area (Å²) < 4.78 is 1.07. The van der Waals surface area contributed by atoms with Crippen molar-refractivity contribution in [3.8, 4) is 0 Å².